The molecule has 21 heavy (non-hydrogen) atoms. The fraction of sp³-hybridized carbons (Fsp3) is 0.429. The Labute approximate surface area is 131 Å². The highest BCUT2D eigenvalue weighted by molar-refractivity contribution is 9.10. The number of aromatic nitrogens is 2. The summed E-state index contributed by atoms with van der Waals surface area (Å²) in [7, 11) is 1.59. The number of anilines is 1. The Morgan fingerprint density at radius 3 is 2.76 bits per heavy atom. The number of halogens is 1. The normalized spacial score (nSPS) is 11.7. The number of carbonyl (C=O) groups is 1. The van der Waals surface area contributed by atoms with E-state index in [-0.39, 0.29) is 6.73 Å². The van der Waals surface area contributed by atoms with Gasteiger partial charge in [0.15, 0.2) is 0 Å². The average Bonchev–Trinajstić information content (AvgIpc) is 2.66. The number of fused-ring (bicyclic) bond motifs is 1. The summed E-state index contributed by atoms with van der Waals surface area (Å²) in [4.78, 5) is 11.9. The summed E-state index contributed by atoms with van der Waals surface area (Å²) in [6.45, 7) is 5.74. The van der Waals surface area contributed by atoms with Crippen molar-refractivity contribution in [3.05, 3.63) is 22.8 Å². The van der Waals surface area contributed by atoms with Crippen LogP contribution >= 0.6 is 15.9 Å². The molecule has 0 unspecified atom stereocenters. The molecule has 2 rings (SSSR count). The molecule has 114 valence electrons. The van der Waals surface area contributed by atoms with Crippen molar-refractivity contribution < 1.29 is 14.3 Å². The van der Waals surface area contributed by atoms with E-state index < -0.39 is 11.7 Å². The molecule has 0 radical (unpaired) electrons. The van der Waals surface area contributed by atoms with Crippen molar-refractivity contribution in [1.29, 1.82) is 0 Å². The van der Waals surface area contributed by atoms with Crippen LogP contribution < -0.4 is 5.32 Å². The SMILES string of the molecule is COCn1nc(Br)c2cccc(NC(=O)OC(C)(C)C)c21. The minimum absolute atomic E-state index is 0.287. The van der Waals surface area contributed by atoms with E-state index in [0.29, 0.717) is 10.3 Å². The molecule has 1 N–H and O–H groups in total. The van der Waals surface area contributed by atoms with Crippen LogP contribution in [0.3, 0.4) is 0 Å². The van der Waals surface area contributed by atoms with E-state index in [9.17, 15) is 4.79 Å². The van der Waals surface area contributed by atoms with Crippen LogP contribution in [0.15, 0.2) is 22.8 Å². The Kier molecular flexibility index (Phi) is 4.53. The number of hydrogen-bond donors (Lipinski definition) is 1. The molecule has 0 atom stereocenters. The fourth-order valence-corrected chi connectivity index (χ4v) is 2.44. The van der Waals surface area contributed by atoms with Crippen molar-refractivity contribution in [1.82, 2.24) is 9.78 Å². The van der Waals surface area contributed by atoms with E-state index >= 15 is 0 Å². The largest absolute Gasteiger partial charge is 0.444 e. The highest BCUT2D eigenvalue weighted by atomic mass is 79.9. The van der Waals surface area contributed by atoms with Crippen LogP contribution in [0.5, 0.6) is 0 Å². The molecule has 2 aromatic rings. The summed E-state index contributed by atoms with van der Waals surface area (Å²) in [5, 5.41) is 7.98. The van der Waals surface area contributed by atoms with Gasteiger partial charge in [-0.2, -0.15) is 5.10 Å². The summed E-state index contributed by atoms with van der Waals surface area (Å²) in [6.07, 6.45) is -0.503. The van der Waals surface area contributed by atoms with E-state index in [2.05, 4.69) is 26.3 Å². The van der Waals surface area contributed by atoms with Crippen molar-refractivity contribution in [2.75, 3.05) is 12.4 Å². The number of benzene rings is 1. The molecular weight excluding hydrogens is 338 g/mol. The average molecular weight is 356 g/mol. The highest BCUT2D eigenvalue weighted by Gasteiger charge is 2.19. The quantitative estimate of drug-likeness (QED) is 0.910. The third kappa shape index (κ3) is 3.74. The molecule has 0 aliphatic rings. The number of rotatable bonds is 3. The van der Waals surface area contributed by atoms with Gasteiger partial charge in [-0.25, -0.2) is 9.48 Å². The molecule has 0 fully saturated rings. The zero-order valence-electron chi connectivity index (χ0n) is 12.4. The molecule has 6 nitrogen and oxygen atoms in total. The van der Waals surface area contributed by atoms with Gasteiger partial charge in [-0.3, -0.25) is 5.32 Å². The molecule has 1 heterocycles. The van der Waals surface area contributed by atoms with Gasteiger partial charge >= 0.3 is 6.09 Å². The van der Waals surface area contributed by atoms with Crippen LogP contribution in [0.2, 0.25) is 0 Å². The number of ether oxygens (including phenoxy) is 2. The van der Waals surface area contributed by atoms with Gasteiger partial charge < -0.3 is 9.47 Å². The van der Waals surface area contributed by atoms with Crippen LogP contribution in [0.1, 0.15) is 20.8 Å². The van der Waals surface area contributed by atoms with Gasteiger partial charge in [0.25, 0.3) is 0 Å². The lowest BCUT2D eigenvalue weighted by Gasteiger charge is -2.20. The lowest BCUT2D eigenvalue weighted by atomic mass is 10.2. The van der Waals surface area contributed by atoms with E-state index in [1.54, 1.807) is 17.9 Å². The first-order valence-electron chi connectivity index (χ1n) is 6.46. The molecule has 1 aromatic heterocycles. The maximum atomic E-state index is 11.9. The number of carbonyl (C=O) groups excluding carboxylic acids is 1. The number of hydrogen-bond acceptors (Lipinski definition) is 4. The second kappa shape index (κ2) is 6.03. The number of nitrogens with one attached hydrogen (secondary N) is 1. The van der Waals surface area contributed by atoms with Crippen LogP contribution in [0, 0.1) is 0 Å². The smallest absolute Gasteiger partial charge is 0.412 e. The Balaban J connectivity index is 2.37. The maximum absolute atomic E-state index is 11.9. The van der Waals surface area contributed by atoms with Crippen LogP contribution in [-0.4, -0.2) is 28.6 Å². The van der Waals surface area contributed by atoms with Gasteiger partial charge in [-0.05, 0) is 48.8 Å². The summed E-state index contributed by atoms with van der Waals surface area (Å²) in [5.74, 6) is 0. The predicted molar refractivity (Wildman–Crippen MR) is 84.3 cm³/mol. The zero-order chi connectivity index (χ0) is 15.6. The van der Waals surface area contributed by atoms with Gasteiger partial charge in [-0.1, -0.05) is 6.07 Å². The highest BCUT2D eigenvalue weighted by Crippen LogP contribution is 2.29. The number of amides is 1. The molecule has 0 saturated heterocycles. The summed E-state index contributed by atoms with van der Waals surface area (Å²) in [5.41, 5.74) is 0.847. The molecule has 1 amide bonds. The Bertz CT molecular complexity index is 661. The van der Waals surface area contributed by atoms with Crippen molar-refractivity contribution in [3.63, 3.8) is 0 Å². The van der Waals surface area contributed by atoms with Gasteiger partial charge in [0, 0.05) is 12.5 Å². The van der Waals surface area contributed by atoms with E-state index in [0.717, 1.165) is 10.9 Å². The van der Waals surface area contributed by atoms with Gasteiger partial charge in [0.2, 0.25) is 0 Å². The predicted octanol–water partition coefficient (Wildman–Crippen LogP) is 3.75. The van der Waals surface area contributed by atoms with Crippen LogP contribution in [0.4, 0.5) is 10.5 Å². The standard InChI is InChI=1S/C14H18BrN3O3/c1-14(2,3)21-13(19)16-10-7-5-6-9-11(10)18(8-20-4)17-12(9)15/h5-7H,8H2,1-4H3,(H,16,19). The Morgan fingerprint density at radius 2 is 2.14 bits per heavy atom. The number of para-hydroxylation sites is 1. The topological polar surface area (TPSA) is 65.4 Å². The maximum Gasteiger partial charge on any atom is 0.412 e. The number of methoxy groups -OCH3 is 1. The fourth-order valence-electron chi connectivity index (χ4n) is 1.93. The van der Waals surface area contributed by atoms with Crippen molar-refractivity contribution in [3.8, 4) is 0 Å². The molecule has 0 bridgehead atoms. The molecular formula is C14H18BrN3O3. The van der Waals surface area contributed by atoms with Crippen molar-refractivity contribution in [2.24, 2.45) is 0 Å². The zero-order valence-corrected chi connectivity index (χ0v) is 14.0. The van der Waals surface area contributed by atoms with E-state index in [1.807, 2.05) is 32.9 Å². The first-order chi connectivity index (χ1) is 9.81. The third-order valence-corrected chi connectivity index (χ3v) is 3.20. The summed E-state index contributed by atoms with van der Waals surface area (Å²) >= 11 is 3.41. The second-order valence-corrected chi connectivity index (χ2v) is 6.29. The summed E-state index contributed by atoms with van der Waals surface area (Å²) < 4.78 is 12.8. The van der Waals surface area contributed by atoms with Crippen molar-refractivity contribution >= 4 is 38.6 Å². The Hall–Kier alpha value is -1.60. The first kappa shape index (κ1) is 15.8. The lowest BCUT2D eigenvalue weighted by molar-refractivity contribution is 0.0636. The Morgan fingerprint density at radius 1 is 1.43 bits per heavy atom. The van der Waals surface area contributed by atoms with E-state index in [1.165, 1.54) is 0 Å². The van der Waals surface area contributed by atoms with Gasteiger partial charge in [0.1, 0.15) is 16.9 Å². The molecule has 0 aliphatic heterocycles. The van der Waals surface area contributed by atoms with Gasteiger partial charge in [-0.15, -0.1) is 0 Å². The van der Waals surface area contributed by atoms with Crippen LogP contribution in [0.25, 0.3) is 10.9 Å². The molecule has 0 spiro atoms. The molecule has 0 saturated carbocycles. The minimum Gasteiger partial charge on any atom is -0.444 e. The molecule has 0 aliphatic carbocycles. The van der Waals surface area contributed by atoms with Crippen molar-refractivity contribution in [2.45, 2.75) is 33.1 Å². The lowest BCUT2D eigenvalue weighted by Crippen LogP contribution is -2.27. The van der Waals surface area contributed by atoms with Crippen LogP contribution in [-0.2, 0) is 16.2 Å². The first-order valence-corrected chi connectivity index (χ1v) is 7.25. The molecule has 1 aromatic carbocycles. The summed E-state index contributed by atoms with van der Waals surface area (Å²) in [6, 6.07) is 5.56. The number of nitrogens with zero attached hydrogens (tertiary/aromatic N) is 2. The second-order valence-electron chi connectivity index (χ2n) is 5.54. The molecule has 7 heteroatoms. The third-order valence-electron chi connectivity index (χ3n) is 2.61. The van der Waals surface area contributed by atoms with Gasteiger partial charge in [0.05, 0.1) is 11.2 Å². The monoisotopic (exact) mass is 355 g/mol. The van der Waals surface area contributed by atoms with E-state index in [4.69, 9.17) is 9.47 Å². The minimum atomic E-state index is -0.550.